The fraction of sp³-hybridized carbons (Fsp3) is 0.600. The van der Waals surface area contributed by atoms with Crippen molar-refractivity contribution in [3.63, 3.8) is 0 Å². The van der Waals surface area contributed by atoms with E-state index >= 15 is 0 Å². The van der Waals surface area contributed by atoms with Crippen LogP contribution >= 0.6 is 0 Å². The second kappa shape index (κ2) is 3.52. The smallest absolute Gasteiger partial charge is 0.135 e. The van der Waals surface area contributed by atoms with Gasteiger partial charge >= 0.3 is 0 Å². The van der Waals surface area contributed by atoms with Crippen molar-refractivity contribution in [3.05, 3.63) is 24.2 Å². The molecule has 0 aromatic carbocycles. The lowest BCUT2D eigenvalue weighted by Crippen LogP contribution is -2.26. The monoisotopic (exact) mass is 181 g/mol. The van der Waals surface area contributed by atoms with Gasteiger partial charge in [0.2, 0.25) is 0 Å². The minimum Gasteiger partial charge on any atom is -0.466 e. The lowest BCUT2D eigenvalue weighted by atomic mass is 9.92. The maximum Gasteiger partial charge on any atom is 0.135 e. The predicted molar refractivity (Wildman–Crippen MR) is 49.3 cm³/mol. The molecular weight excluding hydrogens is 166 g/mol. The maximum absolute atomic E-state index is 10.3. The van der Waals surface area contributed by atoms with Crippen LogP contribution in [0.5, 0.6) is 0 Å². The summed E-state index contributed by atoms with van der Waals surface area (Å²) in [4.78, 5) is 0. The number of nitrogens with one attached hydrogen (secondary N) is 1. The average molecular weight is 181 g/mol. The first-order valence-electron chi connectivity index (χ1n) is 4.78. The Morgan fingerprint density at radius 2 is 2.31 bits per heavy atom. The molecule has 1 aromatic heterocycles. The quantitative estimate of drug-likeness (QED) is 0.685. The van der Waals surface area contributed by atoms with Gasteiger partial charge in [-0.2, -0.15) is 0 Å². The van der Waals surface area contributed by atoms with Crippen molar-refractivity contribution in [2.24, 2.45) is 0 Å². The van der Waals surface area contributed by atoms with Crippen LogP contribution in [0.15, 0.2) is 22.8 Å². The van der Waals surface area contributed by atoms with E-state index in [1.807, 2.05) is 12.1 Å². The summed E-state index contributed by atoms with van der Waals surface area (Å²) < 4.78 is 5.25. The van der Waals surface area contributed by atoms with Crippen LogP contribution in [0.4, 0.5) is 0 Å². The van der Waals surface area contributed by atoms with Crippen molar-refractivity contribution in [1.82, 2.24) is 5.32 Å². The molecule has 1 aliphatic heterocycles. The van der Waals surface area contributed by atoms with E-state index in [1.165, 1.54) is 0 Å². The Balaban J connectivity index is 2.17. The summed E-state index contributed by atoms with van der Waals surface area (Å²) in [5.41, 5.74) is -0.743. The van der Waals surface area contributed by atoms with Gasteiger partial charge in [-0.25, -0.2) is 0 Å². The zero-order valence-corrected chi connectivity index (χ0v) is 7.62. The van der Waals surface area contributed by atoms with Crippen LogP contribution in [0.3, 0.4) is 0 Å². The van der Waals surface area contributed by atoms with Gasteiger partial charge < -0.3 is 14.8 Å². The van der Waals surface area contributed by atoms with Crippen molar-refractivity contribution >= 4 is 0 Å². The van der Waals surface area contributed by atoms with Crippen LogP contribution in [0.2, 0.25) is 0 Å². The second-order valence-electron chi connectivity index (χ2n) is 3.61. The molecule has 0 spiro atoms. The van der Waals surface area contributed by atoms with Crippen LogP contribution in [-0.2, 0) is 5.60 Å². The van der Waals surface area contributed by atoms with Crippen LogP contribution in [0.1, 0.15) is 25.0 Å². The molecule has 72 valence electrons. The molecule has 1 aliphatic rings. The molecule has 3 heteroatoms. The third-order valence-electron chi connectivity index (χ3n) is 2.64. The summed E-state index contributed by atoms with van der Waals surface area (Å²) in [5, 5.41) is 13.5. The van der Waals surface area contributed by atoms with Gasteiger partial charge in [-0.1, -0.05) is 0 Å². The first-order chi connectivity index (χ1) is 6.31. The highest BCUT2D eigenvalue weighted by molar-refractivity contribution is 5.09. The Morgan fingerprint density at radius 1 is 1.38 bits per heavy atom. The Labute approximate surface area is 77.8 Å². The zero-order valence-electron chi connectivity index (χ0n) is 7.62. The number of hydrogen-bond donors (Lipinski definition) is 2. The third kappa shape index (κ3) is 1.76. The number of furan rings is 1. The van der Waals surface area contributed by atoms with Crippen LogP contribution in [-0.4, -0.2) is 18.2 Å². The number of hydrogen-bond acceptors (Lipinski definition) is 3. The average Bonchev–Trinajstić information content (AvgIpc) is 2.57. The molecule has 0 saturated carbocycles. The molecular formula is C10H15NO2. The predicted octanol–water partition coefficient (Wildman–Crippen LogP) is 1.24. The zero-order chi connectivity index (χ0) is 9.15. The van der Waals surface area contributed by atoms with E-state index in [4.69, 9.17) is 4.42 Å². The highest BCUT2D eigenvalue weighted by atomic mass is 16.4. The van der Waals surface area contributed by atoms with E-state index in [-0.39, 0.29) is 0 Å². The lowest BCUT2D eigenvalue weighted by Gasteiger charge is -2.23. The van der Waals surface area contributed by atoms with Gasteiger partial charge in [0.15, 0.2) is 0 Å². The van der Waals surface area contributed by atoms with E-state index < -0.39 is 5.60 Å². The Morgan fingerprint density at radius 3 is 3.08 bits per heavy atom. The third-order valence-corrected chi connectivity index (χ3v) is 2.64. The molecule has 1 saturated heterocycles. The highest BCUT2D eigenvalue weighted by Crippen LogP contribution is 2.31. The van der Waals surface area contributed by atoms with Crippen molar-refractivity contribution in [2.45, 2.75) is 24.9 Å². The second-order valence-corrected chi connectivity index (χ2v) is 3.61. The molecule has 0 bridgehead atoms. The SMILES string of the molecule is OC1(c2ccco2)CCCNCC1. The largest absolute Gasteiger partial charge is 0.466 e. The van der Waals surface area contributed by atoms with Gasteiger partial charge in [0.1, 0.15) is 11.4 Å². The number of aliphatic hydroxyl groups is 1. The summed E-state index contributed by atoms with van der Waals surface area (Å²) in [6.07, 6.45) is 4.14. The molecule has 0 amide bonds. The van der Waals surface area contributed by atoms with Gasteiger partial charge in [-0.3, -0.25) is 0 Å². The molecule has 0 aliphatic carbocycles. The molecule has 3 nitrogen and oxygen atoms in total. The van der Waals surface area contributed by atoms with E-state index in [0.717, 1.165) is 32.4 Å². The standard InChI is InChI=1S/C10H15NO2/c12-10(9-3-1-8-13-9)4-2-6-11-7-5-10/h1,3,8,11-12H,2,4-7H2. The molecule has 1 atom stereocenters. The normalized spacial score (nSPS) is 29.9. The summed E-state index contributed by atoms with van der Waals surface area (Å²) in [6, 6.07) is 3.68. The molecule has 1 unspecified atom stereocenters. The van der Waals surface area contributed by atoms with E-state index in [9.17, 15) is 5.11 Å². The highest BCUT2D eigenvalue weighted by Gasteiger charge is 2.32. The Kier molecular flexibility index (Phi) is 2.38. The van der Waals surface area contributed by atoms with Gasteiger partial charge in [0.25, 0.3) is 0 Å². The molecule has 2 N–H and O–H groups in total. The summed E-state index contributed by atoms with van der Waals surface area (Å²) in [7, 11) is 0. The fourth-order valence-electron chi connectivity index (χ4n) is 1.84. The first kappa shape index (κ1) is 8.78. The minimum atomic E-state index is -0.743. The molecule has 13 heavy (non-hydrogen) atoms. The maximum atomic E-state index is 10.3. The lowest BCUT2D eigenvalue weighted by molar-refractivity contribution is 0.00289. The van der Waals surface area contributed by atoms with Crippen molar-refractivity contribution in [2.75, 3.05) is 13.1 Å². The van der Waals surface area contributed by atoms with Gasteiger partial charge in [0, 0.05) is 0 Å². The van der Waals surface area contributed by atoms with Crippen molar-refractivity contribution < 1.29 is 9.52 Å². The molecule has 2 rings (SSSR count). The Bertz CT molecular complexity index is 248. The van der Waals surface area contributed by atoms with Gasteiger partial charge in [0.05, 0.1) is 6.26 Å². The molecule has 1 fully saturated rings. The van der Waals surface area contributed by atoms with E-state index in [0.29, 0.717) is 5.76 Å². The Hall–Kier alpha value is -0.800. The van der Waals surface area contributed by atoms with E-state index in [2.05, 4.69) is 5.32 Å². The van der Waals surface area contributed by atoms with Gasteiger partial charge in [-0.15, -0.1) is 0 Å². The van der Waals surface area contributed by atoms with Gasteiger partial charge in [-0.05, 0) is 44.5 Å². The topological polar surface area (TPSA) is 45.4 Å². The first-order valence-corrected chi connectivity index (χ1v) is 4.78. The molecule has 2 heterocycles. The summed E-state index contributed by atoms with van der Waals surface area (Å²) in [5.74, 6) is 0.705. The van der Waals surface area contributed by atoms with Crippen LogP contribution < -0.4 is 5.32 Å². The fourth-order valence-corrected chi connectivity index (χ4v) is 1.84. The summed E-state index contributed by atoms with van der Waals surface area (Å²) >= 11 is 0. The van der Waals surface area contributed by atoms with E-state index in [1.54, 1.807) is 6.26 Å². The number of rotatable bonds is 1. The van der Waals surface area contributed by atoms with Crippen LogP contribution in [0.25, 0.3) is 0 Å². The van der Waals surface area contributed by atoms with Crippen LogP contribution in [0, 0.1) is 0 Å². The van der Waals surface area contributed by atoms with Crippen molar-refractivity contribution in [1.29, 1.82) is 0 Å². The minimum absolute atomic E-state index is 0.705. The summed E-state index contributed by atoms with van der Waals surface area (Å²) in [6.45, 7) is 1.85. The molecule has 0 radical (unpaired) electrons. The van der Waals surface area contributed by atoms with Crippen molar-refractivity contribution in [3.8, 4) is 0 Å². The molecule has 1 aromatic rings.